The van der Waals surface area contributed by atoms with Gasteiger partial charge in [0.05, 0.1) is 5.56 Å². The summed E-state index contributed by atoms with van der Waals surface area (Å²) >= 11 is 3.31. The predicted molar refractivity (Wildman–Crippen MR) is 76.1 cm³/mol. The Hall–Kier alpha value is -1.89. The van der Waals surface area contributed by atoms with Crippen molar-refractivity contribution in [1.82, 2.24) is 4.98 Å². The zero-order valence-electron chi connectivity index (χ0n) is 10.8. The Kier molecular flexibility index (Phi) is 4.32. The maximum atomic E-state index is 12.6. The number of aromatic nitrogens is 1. The molecule has 0 atom stereocenters. The first-order valence-corrected chi connectivity index (χ1v) is 6.67. The van der Waals surface area contributed by atoms with Crippen molar-refractivity contribution < 1.29 is 18.0 Å². The smallest absolute Gasteiger partial charge is 0.307 e. The van der Waals surface area contributed by atoms with Crippen molar-refractivity contribution in [2.24, 2.45) is 0 Å². The van der Waals surface area contributed by atoms with Crippen LogP contribution >= 0.6 is 15.9 Å². The maximum absolute atomic E-state index is 12.6. The molecule has 0 saturated carbocycles. The van der Waals surface area contributed by atoms with Gasteiger partial charge in [0.15, 0.2) is 0 Å². The zero-order chi connectivity index (χ0) is 15.6. The van der Waals surface area contributed by atoms with Crippen LogP contribution in [0.3, 0.4) is 0 Å². The third kappa shape index (κ3) is 3.81. The molecule has 1 amide bonds. The lowest BCUT2D eigenvalue weighted by Crippen LogP contribution is -2.14. The number of halogens is 4. The Balaban J connectivity index is 2.21. The molecule has 0 aliphatic heterocycles. The highest BCUT2D eigenvalue weighted by Gasteiger charge is 2.30. The van der Waals surface area contributed by atoms with E-state index in [0.717, 1.165) is 28.4 Å². The quantitative estimate of drug-likeness (QED) is 0.862. The van der Waals surface area contributed by atoms with Gasteiger partial charge in [0.25, 0.3) is 5.91 Å². The fraction of sp³-hybridized carbons (Fsp3) is 0.143. The lowest BCUT2D eigenvalue weighted by atomic mass is 10.1. The minimum Gasteiger partial charge on any atom is -0.307 e. The van der Waals surface area contributed by atoms with Crippen molar-refractivity contribution in [3.8, 4) is 0 Å². The molecule has 0 aliphatic rings. The summed E-state index contributed by atoms with van der Waals surface area (Å²) in [5.41, 5.74) is 0.328. The number of carbonyl (C=O) groups excluding carboxylic acids is 1. The van der Waals surface area contributed by atoms with Gasteiger partial charge in [-0.25, -0.2) is 4.98 Å². The Bertz CT molecular complexity index is 686. The highest BCUT2D eigenvalue weighted by Crippen LogP contribution is 2.30. The summed E-state index contributed by atoms with van der Waals surface area (Å²) in [6, 6.07) is 6.54. The number of hydrogen-bond acceptors (Lipinski definition) is 2. The van der Waals surface area contributed by atoms with Crippen LogP contribution in [0.15, 0.2) is 41.0 Å². The third-order valence-corrected chi connectivity index (χ3v) is 3.64. The van der Waals surface area contributed by atoms with Gasteiger partial charge in [0.2, 0.25) is 0 Å². The summed E-state index contributed by atoms with van der Waals surface area (Å²) in [6.45, 7) is 1.81. The van der Waals surface area contributed by atoms with Crippen LogP contribution in [0.4, 0.5) is 19.0 Å². The highest BCUT2D eigenvalue weighted by atomic mass is 79.9. The zero-order valence-corrected chi connectivity index (χ0v) is 12.4. The lowest BCUT2D eigenvalue weighted by Gasteiger charge is -2.09. The molecule has 2 rings (SSSR count). The van der Waals surface area contributed by atoms with E-state index in [1.54, 1.807) is 18.2 Å². The van der Waals surface area contributed by atoms with Gasteiger partial charge in [-0.3, -0.25) is 4.79 Å². The molecule has 21 heavy (non-hydrogen) atoms. The molecular weight excluding hydrogens is 349 g/mol. The number of pyridine rings is 1. The maximum Gasteiger partial charge on any atom is 0.416 e. The molecule has 1 N–H and O–H groups in total. The first-order valence-electron chi connectivity index (χ1n) is 5.88. The average molecular weight is 359 g/mol. The van der Waals surface area contributed by atoms with Crippen molar-refractivity contribution in [3.05, 3.63) is 57.7 Å². The molecular formula is C14H10BrF3N2O. The van der Waals surface area contributed by atoms with Crippen LogP contribution in [0.2, 0.25) is 0 Å². The van der Waals surface area contributed by atoms with Crippen molar-refractivity contribution in [1.29, 1.82) is 0 Å². The number of nitrogens with zero attached hydrogens (tertiary/aromatic N) is 1. The normalized spacial score (nSPS) is 11.3. The summed E-state index contributed by atoms with van der Waals surface area (Å²) in [4.78, 5) is 15.7. The second-order valence-corrected chi connectivity index (χ2v) is 5.20. The molecule has 1 aromatic carbocycles. The van der Waals surface area contributed by atoms with E-state index in [0.29, 0.717) is 5.56 Å². The second kappa shape index (κ2) is 5.85. The van der Waals surface area contributed by atoms with Crippen LogP contribution in [-0.2, 0) is 6.18 Å². The third-order valence-electron chi connectivity index (χ3n) is 2.75. The molecule has 0 unspecified atom stereocenters. The largest absolute Gasteiger partial charge is 0.416 e. The fourth-order valence-electron chi connectivity index (χ4n) is 1.65. The van der Waals surface area contributed by atoms with Gasteiger partial charge in [-0.2, -0.15) is 13.2 Å². The molecule has 0 fully saturated rings. The summed E-state index contributed by atoms with van der Waals surface area (Å²) in [6.07, 6.45) is -3.47. The molecule has 1 heterocycles. The van der Waals surface area contributed by atoms with Gasteiger partial charge in [-0.15, -0.1) is 0 Å². The van der Waals surface area contributed by atoms with Crippen LogP contribution in [0.1, 0.15) is 21.5 Å². The van der Waals surface area contributed by atoms with Crippen molar-refractivity contribution >= 4 is 27.7 Å². The van der Waals surface area contributed by atoms with E-state index < -0.39 is 17.6 Å². The number of alkyl halides is 3. The van der Waals surface area contributed by atoms with E-state index >= 15 is 0 Å². The molecule has 110 valence electrons. The Morgan fingerprint density at radius 2 is 1.95 bits per heavy atom. The SMILES string of the molecule is Cc1cc(C(=O)Nc2cc(C(F)(F)F)ccn2)ccc1Br. The molecule has 2 aromatic rings. The molecule has 7 heteroatoms. The molecule has 0 spiro atoms. The van der Waals surface area contributed by atoms with E-state index in [4.69, 9.17) is 0 Å². The Morgan fingerprint density at radius 3 is 2.57 bits per heavy atom. The number of amides is 1. The molecule has 0 radical (unpaired) electrons. The van der Waals surface area contributed by atoms with Crippen LogP contribution < -0.4 is 5.32 Å². The summed E-state index contributed by atoms with van der Waals surface area (Å²) in [7, 11) is 0. The number of aryl methyl sites for hydroxylation is 1. The van der Waals surface area contributed by atoms with Gasteiger partial charge < -0.3 is 5.32 Å². The standard InChI is InChI=1S/C14H10BrF3N2O/c1-8-6-9(2-3-11(8)15)13(21)20-12-7-10(4-5-19-12)14(16,17)18/h2-7H,1H3,(H,19,20,21). The van der Waals surface area contributed by atoms with E-state index in [-0.39, 0.29) is 5.82 Å². The van der Waals surface area contributed by atoms with Crippen molar-refractivity contribution in [2.45, 2.75) is 13.1 Å². The van der Waals surface area contributed by atoms with Gasteiger partial charge in [0.1, 0.15) is 5.82 Å². The van der Waals surface area contributed by atoms with Gasteiger partial charge in [-0.05, 0) is 42.8 Å². The number of benzene rings is 1. The van der Waals surface area contributed by atoms with Crippen LogP contribution in [0.5, 0.6) is 0 Å². The number of anilines is 1. The van der Waals surface area contributed by atoms with Gasteiger partial charge in [-0.1, -0.05) is 15.9 Å². The number of nitrogens with one attached hydrogen (secondary N) is 1. The van der Waals surface area contributed by atoms with Crippen LogP contribution in [0, 0.1) is 6.92 Å². The molecule has 0 bridgehead atoms. The van der Waals surface area contributed by atoms with E-state index in [9.17, 15) is 18.0 Å². The van der Waals surface area contributed by atoms with E-state index in [1.807, 2.05) is 6.92 Å². The summed E-state index contributed by atoms with van der Waals surface area (Å²) in [5.74, 6) is -0.659. The Labute approximate surface area is 127 Å². The van der Waals surface area contributed by atoms with Crippen LogP contribution in [-0.4, -0.2) is 10.9 Å². The topological polar surface area (TPSA) is 42.0 Å². The molecule has 0 saturated heterocycles. The number of hydrogen-bond donors (Lipinski definition) is 1. The molecule has 0 aliphatic carbocycles. The highest BCUT2D eigenvalue weighted by molar-refractivity contribution is 9.10. The second-order valence-electron chi connectivity index (χ2n) is 4.35. The monoisotopic (exact) mass is 358 g/mol. The van der Waals surface area contributed by atoms with E-state index in [2.05, 4.69) is 26.2 Å². The molecule has 1 aromatic heterocycles. The van der Waals surface area contributed by atoms with Gasteiger partial charge >= 0.3 is 6.18 Å². The van der Waals surface area contributed by atoms with Crippen molar-refractivity contribution in [3.63, 3.8) is 0 Å². The first-order chi connectivity index (χ1) is 9.77. The van der Waals surface area contributed by atoms with Crippen LogP contribution in [0.25, 0.3) is 0 Å². The number of rotatable bonds is 2. The lowest BCUT2D eigenvalue weighted by molar-refractivity contribution is -0.137. The average Bonchev–Trinajstić information content (AvgIpc) is 2.41. The van der Waals surface area contributed by atoms with Crippen molar-refractivity contribution in [2.75, 3.05) is 5.32 Å². The summed E-state index contributed by atoms with van der Waals surface area (Å²) < 4.78 is 38.6. The molecule has 3 nitrogen and oxygen atoms in total. The Morgan fingerprint density at radius 1 is 1.24 bits per heavy atom. The minimum atomic E-state index is -4.48. The minimum absolute atomic E-state index is 0.143. The summed E-state index contributed by atoms with van der Waals surface area (Å²) in [5, 5.41) is 2.35. The number of carbonyl (C=O) groups is 1. The fourth-order valence-corrected chi connectivity index (χ4v) is 1.90. The van der Waals surface area contributed by atoms with E-state index in [1.165, 1.54) is 0 Å². The van der Waals surface area contributed by atoms with Gasteiger partial charge in [0, 0.05) is 16.2 Å². The predicted octanol–water partition coefficient (Wildman–Crippen LogP) is 4.42. The first kappa shape index (κ1) is 15.5.